The van der Waals surface area contributed by atoms with Crippen LogP contribution >= 0.6 is 15.9 Å². The maximum absolute atomic E-state index is 13.3. The van der Waals surface area contributed by atoms with Gasteiger partial charge in [0.25, 0.3) is 5.91 Å². The molecular formula is C22H16BrFN4O. The fourth-order valence-electron chi connectivity index (χ4n) is 2.87. The van der Waals surface area contributed by atoms with Crippen LogP contribution in [0.25, 0.3) is 16.9 Å². The maximum Gasteiger partial charge on any atom is 0.272 e. The molecule has 0 saturated carbocycles. The molecule has 0 saturated heterocycles. The predicted octanol–water partition coefficient (Wildman–Crippen LogP) is 4.77. The summed E-state index contributed by atoms with van der Waals surface area (Å²) in [6, 6.07) is 19.1. The van der Waals surface area contributed by atoms with Crippen LogP contribution in [0, 0.1) is 5.82 Å². The van der Waals surface area contributed by atoms with Crippen LogP contribution in [0.4, 0.5) is 4.39 Å². The Kier molecular flexibility index (Phi) is 5.48. The van der Waals surface area contributed by atoms with E-state index in [4.69, 9.17) is 0 Å². The van der Waals surface area contributed by atoms with Gasteiger partial charge in [0, 0.05) is 29.0 Å². The van der Waals surface area contributed by atoms with Gasteiger partial charge < -0.3 is 5.32 Å². The highest BCUT2D eigenvalue weighted by Crippen LogP contribution is 2.23. The minimum atomic E-state index is -0.337. The van der Waals surface area contributed by atoms with Crippen LogP contribution in [0.3, 0.4) is 0 Å². The number of carbonyl (C=O) groups excluding carboxylic acids is 1. The summed E-state index contributed by atoms with van der Waals surface area (Å²) in [6.45, 7) is 0.387. The first-order valence-corrected chi connectivity index (χ1v) is 9.68. The van der Waals surface area contributed by atoms with Gasteiger partial charge in [-0.15, -0.1) is 0 Å². The third-order valence-corrected chi connectivity index (χ3v) is 4.87. The zero-order valence-electron chi connectivity index (χ0n) is 15.2. The normalized spacial score (nSPS) is 10.7. The van der Waals surface area contributed by atoms with Gasteiger partial charge in [0.05, 0.1) is 11.4 Å². The minimum Gasteiger partial charge on any atom is -0.347 e. The van der Waals surface area contributed by atoms with E-state index in [-0.39, 0.29) is 17.4 Å². The standard InChI is InChI=1S/C22H16BrFN4O/c23-17-5-3-15(4-6-17)13-26-22(29)20-12-21(16-2-1-11-25-14-16)28(27-20)19-9-7-18(24)8-10-19/h1-12,14H,13H2,(H,26,29). The van der Waals surface area contributed by atoms with Crippen LogP contribution in [0.5, 0.6) is 0 Å². The molecule has 4 rings (SSSR count). The lowest BCUT2D eigenvalue weighted by molar-refractivity contribution is 0.0945. The van der Waals surface area contributed by atoms with Crippen molar-refractivity contribution in [1.29, 1.82) is 0 Å². The van der Waals surface area contributed by atoms with Crippen molar-refractivity contribution < 1.29 is 9.18 Å². The van der Waals surface area contributed by atoms with Gasteiger partial charge in [0.1, 0.15) is 5.82 Å². The molecule has 2 aromatic heterocycles. The third-order valence-electron chi connectivity index (χ3n) is 4.34. The monoisotopic (exact) mass is 450 g/mol. The van der Waals surface area contributed by atoms with Crippen molar-refractivity contribution in [1.82, 2.24) is 20.1 Å². The van der Waals surface area contributed by atoms with Crippen molar-refractivity contribution in [3.05, 3.63) is 101 Å². The van der Waals surface area contributed by atoms with E-state index >= 15 is 0 Å². The predicted molar refractivity (Wildman–Crippen MR) is 112 cm³/mol. The quantitative estimate of drug-likeness (QED) is 0.476. The molecule has 2 heterocycles. The number of hydrogen-bond acceptors (Lipinski definition) is 3. The van der Waals surface area contributed by atoms with E-state index < -0.39 is 0 Å². The zero-order chi connectivity index (χ0) is 20.2. The van der Waals surface area contributed by atoms with E-state index in [1.54, 1.807) is 35.3 Å². The van der Waals surface area contributed by atoms with Gasteiger partial charge in [-0.1, -0.05) is 28.1 Å². The summed E-state index contributed by atoms with van der Waals surface area (Å²) >= 11 is 3.39. The van der Waals surface area contributed by atoms with E-state index in [1.165, 1.54) is 12.1 Å². The van der Waals surface area contributed by atoms with Crippen molar-refractivity contribution in [2.45, 2.75) is 6.54 Å². The highest BCUT2D eigenvalue weighted by Gasteiger charge is 2.17. The number of rotatable bonds is 5. The largest absolute Gasteiger partial charge is 0.347 e. The third kappa shape index (κ3) is 4.41. The van der Waals surface area contributed by atoms with E-state index in [9.17, 15) is 9.18 Å². The SMILES string of the molecule is O=C(NCc1ccc(Br)cc1)c1cc(-c2cccnc2)n(-c2ccc(F)cc2)n1. The summed E-state index contributed by atoms with van der Waals surface area (Å²) in [7, 11) is 0. The fraction of sp³-hybridized carbons (Fsp3) is 0.0455. The van der Waals surface area contributed by atoms with Gasteiger partial charge in [0.2, 0.25) is 0 Å². The summed E-state index contributed by atoms with van der Waals surface area (Å²) in [4.78, 5) is 16.8. The molecule has 29 heavy (non-hydrogen) atoms. The zero-order valence-corrected chi connectivity index (χ0v) is 16.8. The smallest absolute Gasteiger partial charge is 0.272 e. The van der Waals surface area contributed by atoms with Gasteiger partial charge in [-0.3, -0.25) is 9.78 Å². The van der Waals surface area contributed by atoms with Crippen LogP contribution in [0.15, 0.2) is 83.6 Å². The first-order valence-electron chi connectivity index (χ1n) is 8.89. The molecule has 4 aromatic rings. The van der Waals surface area contributed by atoms with E-state index in [0.29, 0.717) is 17.9 Å². The molecule has 144 valence electrons. The molecule has 0 aliphatic rings. The molecule has 1 amide bonds. The molecule has 0 aliphatic heterocycles. The van der Waals surface area contributed by atoms with Gasteiger partial charge in [-0.05, 0) is 60.2 Å². The number of benzene rings is 2. The molecule has 1 N–H and O–H groups in total. The van der Waals surface area contributed by atoms with Crippen molar-refractivity contribution in [2.75, 3.05) is 0 Å². The first-order chi connectivity index (χ1) is 14.1. The van der Waals surface area contributed by atoms with E-state index in [2.05, 4.69) is 31.3 Å². The van der Waals surface area contributed by atoms with Crippen molar-refractivity contribution in [3.8, 4) is 16.9 Å². The number of carbonyl (C=O) groups is 1. The van der Waals surface area contributed by atoms with Crippen LogP contribution in [0.1, 0.15) is 16.1 Å². The lowest BCUT2D eigenvalue weighted by atomic mass is 10.2. The number of hydrogen-bond donors (Lipinski definition) is 1. The highest BCUT2D eigenvalue weighted by atomic mass is 79.9. The number of nitrogens with zero attached hydrogens (tertiary/aromatic N) is 3. The summed E-state index contributed by atoms with van der Waals surface area (Å²) in [5.74, 6) is -0.629. The molecule has 5 nitrogen and oxygen atoms in total. The van der Waals surface area contributed by atoms with Gasteiger partial charge in [-0.2, -0.15) is 5.10 Å². The maximum atomic E-state index is 13.3. The molecule has 0 spiro atoms. The minimum absolute atomic E-state index is 0.269. The van der Waals surface area contributed by atoms with E-state index in [0.717, 1.165) is 15.6 Å². The second-order valence-electron chi connectivity index (χ2n) is 6.35. The van der Waals surface area contributed by atoms with Crippen molar-refractivity contribution in [2.24, 2.45) is 0 Å². The molecule has 0 bridgehead atoms. The molecule has 0 radical (unpaired) electrons. The second kappa shape index (κ2) is 8.36. The van der Waals surface area contributed by atoms with Gasteiger partial charge in [0.15, 0.2) is 5.69 Å². The summed E-state index contributed by atoms with van der Waals surface area (Å²) < 4.78 is 15.9. The molecular weight excluding hydrogens is 435 g/mol. The number of amides is 1. The molecule has 0 unspecified atom stereocenters. The Hall–Kier alpha value is -3.32. The molecule has 2 aromatic carbocycles. The van der Waals surface area contributed by atoms with Crippen LogP contribution in [-0.4, -0.2) is 20.7 Å². The summed E-state index contributed by atoms with van der Waals surface area (Å²) in [5.41, 5.74) is 3.39. The lowest BCUT2D eigenvalue weighted by Gasteiger charge is -2.07. The molecule has 0 fully saturated rings. The first kappa shape index (κ1) is 19.0. The average molecular weight is 451 g/mol. The second-order valence-corrected chi connectivity index (χ2v) is 7.27. The lowest BCUT2D eigenvalue weighted by Crippen LogP contribution is -2.23. The Bertz CT molecular complexity index is 1130. The van der Waals surface area contributed by atoms with Crippen molar-refractivity contribution >= 4 is 21.8 Å². The Labute approximate surface area is 175 Å². The number of nitrogens with one attached hydrogen (secondary N) is 1. The Morgan fingerprint density at radius 1 is 1.07 bits per heavy atom. The number of pyridine rings is 1. The van der Waals surface area contributed by atoms with Gasteiger partial charge >= 0.3 is 0 Å². The fourth-order valence-corrected chi connectivity index (χ4v) is 3.13. The average Bonchev–Trinajstić information content (AvgIpc) is 3.20. The van der Waals surface area contributed by atoms with Crippen LogP contribution in [0.2, 0.25) is 0 Å². The summed E-state index contributed by atoms with van der Waals surface area (Å²) in [6.07, 6.45) is 3.37. The van der Waals surface area contributed by atoms with Crippen molar-refractivity contribution in [3.63, 3.8) is 0 Å². The van der Waals surface area contributed by atoms with E-state index in [1.807, 2.05) is 36.4 Å². The number of halogens is 2. The Morgan fingerprint density at radius 3 is 2.52 bits per heavy atom. The molecule has 7 heteroatoms. The van der Waals surface area contributed by atoms with Crippen LogP contribution in [-0.2, 0) is 6.54 Å². The Morgan fingerprint density at radius 2 is 1.83 bits per heavy atom. The molecule has 0 atom stereocenters. The Balaban J connectivity index is 1.64. The molecule has 0 aliphatic carbocycles. The number of aromatic nitrogens is 3. The topological polar surface area (TPSA) is 59.8 Å². The van der Waals surface area contributed by atoms with Gasteiger partial charge in [-0.25, -0.2) is 9.07 Å². The highest BCUT2D eigenvalue weighted by molar-refractivity contribution is 9.10. The summed E-state index contributed by atoms with van der Waals surface area (Å²) in [5, 5.41) is 7.34. The van der Waals surface area contributed by atoms with Crippen LogP contribution < -0.4 is 5.32 Å².